The van der Waals surface area contributed by atoms with Gasteiger partial charge in [0.2, 0.25) is 0 Å². The number of hydrogen-bond acceptors (Lipinski definition) is 3. The van der Waals surface area contributed by atoms with Gasteiger partial charge in [-0.2, -0.15) is 0 Å². The number of halogens is 1. The van der Waals surface area contributed by atoms with Crippen molar-refractivity contribution in [2.75, 3.05) is 18.8 Å². The molecule has 0 aliphatic carbocycles. The lowest BCUT2D eigenvalue weighted by molar-refractivity contribution is 0.559. The maximum absolute atomic E-state index is 12.0. The van der Waals surface area contributed by atoms with Crippen LogP contribution in [0.2, 0.25) is 0 Å². The van der Waals surface area contributed by atoms with Gasteiger partial charge in [-0.15, -0.1) is 0 Å². The molecule has 5 heteroatoms. The van der Waals surface area contributed by atoms with Crippen molar-refractivity contribution in [1.82, 2.24) is 5.32 Å². The van der Waals surface area contributed by atoms with E-state index in [1.165, 1.54) is 5.56 Å². The molecule has 3 nitrogen and oxygen atoms in total. The highest BCUT2D eigenvalue weighted by Crippen LogP contribution is 2.23. The summed E-state index contributed by atoms with van der Waals surface area (Å²) in [7, 11) is -2.98. The zero-order valence-corrected chi connectivity index (χ0v) is 14.8. The molecule has 0 saturated heterocycles. The Balaban J connectivity index is 2.80. The predicted octanol–water partition coefficient (Wildman–Crippen LogP) is 3.36. The number of nitrogens with one attached hydrogen (secondary N) is 1. The Kier molecular flexibility index (Phi) is 7.20. The van der Waals surface area contributed by atoms with Gasteiger partial charge in [-0.25, -0.2) is 8.42 Å². The van der Waals surface area contributed by atoms with Crippen molar-refractivity contribution in [3.05, 3.63) is 34.3 Å². The van der Waals surface area contributed by atoms with E-state index in [0.717, 1.165) is 17.6 Å². The molecule has 0 aliphatic heterocycles. The number of likely N-dealkylation sites (N-methyl/N-ethyl adjacent to an activating group) is 1. The summed E-state index contributed by atoms with van der Waals surface area (Å²) in [5.74, 6) is 0.466. The molecule has 1 N–H and O–H groups in total. The van der Waals surface area contributed by atoms with Crippen LogP contribution in [0.4, 0.5) is 0 Å². The van der Waals surface area contributed by atoms with Gasteiger partial charge in [0.15, 0.2) is 9.84 Å². The fourth-order valence-electron chi connectivity index (χ4n) is 2.01. The minimum atomic E-state index is -2.98. The third-order valence-electron chi connectivity index (χ3n) is 3.43. The maximum Gasteiger partial charge on any atom is 0.152 e. The molecule has 0 saturated carbocycles. The summed E-state index contributed by atoms with van der Waals surface area (Å²) < 4.78 is 25.0. The van der Waals surface area contributed by atoms with Gasteiger partial charge in [0, 0.05) is 11.0 Å². The van der Waals surface area contributed by atoms with Gasteiger partial charge in [-0.3, -0.25) is 0 Å². The van der Waals surface area contributed by atoms with E-state index in [0.29, 0.717) is 6.42 Å². The minimum Gasteiger partial charge on any atom is -0.316 e. The van der Waals surface area contributed by atoms with Crippen LogP contribution in [0.15, 0.2) is 28.7 Å². The maximum atomic E-state index is 12.0. The van der Waals surface area contributed by atoms with Crippen LogP contribution in [0.1, 0.15) is 38.7 Å². The molecule has 0 spiro atoms. The van der Waals surface area contributed by atoms with Crippen LogP contribution in [-0.2, 0) is 9.84 Å². The van der Waals surface area contributed by atoms with Gasteiger partial charge in [0.05, 0.1) is 11.0 Å². The molecule has 1 unspecified atom stereocenters. The van der Waals surface area contributed by atoms with Gasteiger partial charge in [-0.1, -0.05) is 35.0 Å². The summed E-state index contributed by atoms with van der Waals surface area (Å²) in [6, 6.07) is 8.12. The number of rotatable bonds is 8. The van der Waals surface area contributed by atoms with Crippen LogP contribution in [0.25, 0.3) is 0 Å². The Bertz CT molecular complexity index is 514. The van der Waals surface area contributed by atoms with Crippen molar-refractivity contribution in [2.24, 2.45) is 0 Å². The summed E-state index contributed by atoms with van der Waals surface area (Å²) in [5.41, 5.74) is 1.18. The summed E-state index contributed by atoms with van der Waals surface area (Å²) in [5, 5.41) is 3.02. The third kappa shape index (κ3) is 5.54. The molecule has 0 heterocycles. The van der Waals surface area contributed by atoms with Crippen LogP contribution in [-0.4, -0.2) is 32.5 Å². The molecule has 0 amide bonds. The zero-order valence-electron chi connectivity index (χ0n) is 12.4. The lowest BCUT2D eigenvalue weighted by atomic mass is 9.96. The minimum absolute atomic E-state index is 0.223. The first-order valence-corrected chi connectivity index (χ1v) is 9.55. The van der Waals surface area contributed by atoms with E-state index >= 15 is 0 Å². The quantitative estimate of drug-likeness (QED) is 0.771. The molecule has 20 heavy (non-hydrogen) atoms. The standard InChI is InChI=1S/C15H24BrNO2S/c1-4-17-11-14(8-9-20(18,19)12(2)3)13-6-5-7-15(16)10-13/h5-7,10,12,14,17H,4,8-9,11H2,1-3H3. The van der Waals surface area contributed by atoms with Crippen molar-refractivity contribution in [2.45, 2.75) is 38.4 Å². The first kappa shape index (κ1) is 17.7. The van der Waals surface area contributed by atoms with Gasteiger partial charge < -0.3 is 5.32 Å². The van der Waals surface area contributed by atoms with Crippen molar-refractivity contribution >= 4 is 25.8 Å². The van der Waals surface area contributed by atoms with Crippen LogP contribution in [0.3, 0.4) is 0 Å². The highest BCUT2D eigenvalue weighted by Gasteiger charge is 2.20. The van der Waals surface area contributed by atoms with E-state index in [1.54, 1.807) is 13.8 Å². The largest absolute Gasteiger partial charge is 0.316 e. The van der Waals surface area contributed by atoms with Crippen molar-refractivity contribution in [3.8, 4) is 0 Å². The molecule has 1 rings (SSSR count). The molecule has 0 bridgehead atoms. The van der Waals surface area contributed by atoms with E-state index in [1.807, 2.05) is 12.1 Å². The highest BCUT2D eigenvalue weighted by molar-refractivity contribution is 9.10. The molecule has 0 aromatic heterocycles. The molecular formula is C15H24BrNO2S. The van der Waals surface area contributed by atoms with E-state index in [9.17, 15) is 8.42 Å². The van der Waals surface area contributed by atoms with E-state index in [-0.39, 0.29) is 16.9 Å². The second-order valence-electron chi connectivity index (χ2n) is 5.26. The van der Waals surface area contributed by atoms with Crippen molar-refractivity contribution in [3.63, 3.8) is 0 Å². The van der Waals surface area contributed by atoms with E-state index in [2.05, 4.69) is 40.3 Å². The van der Waals surface area contributed by atoms with Crippen LogP contribution in [0, 0.1) is 0 Å². The van der Waals surface area contributed by atoms with E-state index < -0.39 is 9.84 Å². The smallest absolute Gasteiger partial charge is 0.152 e. The second kappa shape index (κ2) is 8.15. The molecule has 0 radical (unpaired) electrons. The van der Waals surface area contributed by atoms with Crippen LogP contribution < -0.4 is 5.32 Å². The first-order valence-electron chi connectivity index (χ1n) is 7.04. The SMILES string of the molecule is CCNCC(CCS(=O)(=O)C(C)C)c1cccc(Br)c1. The zero-order chi connectivity index (χ0) is 15.2. The normalized spacial score (nSPS) is 13.7. The second-order valence-corrected chi connectivity index (χ2v) is 8.86. The number of hydrogen-bond donors (Lipinski definition) is 1. The lowest BCUT2D eigenvalue weighted by Crippen LogP contribution is -2.25. The Labute approximate surface area is 131 Å². The Hall–Kier alpha value is -0.390. The summed E-state index contributed by atoms with van der Waals surface area (Å²) in [6.45, 7) is 7.24. The van der Waals surface area contributed by atoms with Gasteiger partial charge in [0.25, 0.3) is 0 Å². The van der Waals surface area contributed by atoms with Gasteiger partial charge in [0.1, 0.15) is 0 Å². The summed E-state index contributed by atoms with van der Waals surface area (Å²) in [4.78, 5) is 0. The molecule has 114 valence electrons. The Morgan fingerprint density at radius 3 is 2.55 bits per heavy atom. The molecule has 1 atom stereocenters. The monoisotopic (exact) mass is 361 g/mol. The average molecular weight is 362 g/mol. The van der Waals surface area contributed by atoms with Crippen molar-refractivity contribution in [1.29, 1.82) is 0 Å². The Morgan fingerprint density at radius 1 is 1.30 bits per heavy atom. The van der Waals surface area contributed by atoms with Crippen LogP contribution in [0.5, 0.6) is 0 Å². The highest BCUT2D eigenvalue weighted by atomic mass is 79.9. The van der Waals surface area contributed by atoms with Gasteiger partial charge >= 0.3 is 0 Å². The molecule has 0 fully saturated rings. The molecule has 0 aliphatic rings. The Morgan fingerprint density at radius 2 is 2.00 bits per heavy atom. The molecule has 1 aromatic carbocycles. The van der Waals surface area contributed by atoms with Crippen LogP contribution >= 0.6 is 15.9 Å². The molecular weight excluding hydrogens is 338 g/mol. The molecule has 1 aromatic rings. The lowest BCUT2D eigenvalue weighted by Gasteiger charge is -2.19. The average Bonchev–Trinajstić information content (AvgIpc) is 2.38. The summed E-state index contributed by atoms with van der Waals surface area (Å²) >= 11 is 3.47. The predicted molar refractivity (Wildman–Crippen MR) is 89.0 cm³/mol. The topological polar surface area (TPSA) is 46.2 Å². The van der Waals surface area contributed by atoms with Crippen molar-refractivity contribution < 1.29 is 8.42 Å². The number of sulfone groups is 1. The fraction of sp³-hybridized carbons (Fsp3) is 0.600. The fourth-order valence-corrected chi connectivity index (χ4v) is 3.51. The van der Waals surface area contributed by atoms with Gasteiger partial charge in [-0.05, 0) is 50.4 Å². The third-order valence-corrected chi connectivity index (χ3v) is 6.16. The first-order chi connectivity index (χ1) is 9.36. The van der Waals surface area contributed by atoms with E-state index in [4.69, 9.17) is 0 Å². The number of benzene rings is 1. The summed E-state index contributed by atoms with van der Waals surface area (Å²) in [6.07, 6.45) is 0.657.